The molecule has 0 saturated heterocycles. The summed E-state index contributed by atoms with van der Waals surface area (Å²) in [4.78, 5) is 24.5. The average molecular weight is 360 g/mol. The van der Waals surface area contributed by atoms with E-state index in [4.69, 9.17) is 9.47 Å². The molecule has 1 unspecified atom stereocenters. The van der Waals surface area contributed by atoms with E-state index >= 15 is 0 Å². The molecule has 0 radical (unpaired) electrons. The third-order valence-corrected chi connectivity index (χ3v) is 4.15. The van der Waals surface area contributed by atoms with Crippen molar-refractivity contribution in [2.24, 2.45) is 0 Å². The zero-order chi connectivity index (χ0) is 19.3. The highest BCUT2D eigenvalue weighted by Crippen LogP contribution is 2.37. The van der Waals surface area contributed by atoms with Gasteiger partial charge >= 0.3 is 12.0 Å². The fourth-order valence-corrected chi connectivity index (χ4v) is 2.99. The summed E-state index contributed by atoms with van der Waals surface area (Å²) in [6, 6.07) is 2.21. The first-order chi connectivity index (χ1) is 12.5. The van der Waals surface area contributed by atoms with E-state index in [1.165, 1.54) is 14.2 Å². The summed E-state index contributed by atoms with van der Waals surface area (Å²) in [7, 11) is 2.74. The van der Waals surface area contributed by atoms with Crippen LogP contribution in [-0.4, -0.2) is 31.3 Å². The lowest BCUT2D eigenvalue weighted by Gasteiger charge is -2.29. The summed E-state index contributed by atoms with van der Waals surface area (Å²) in [6.45, 7) is 5.64. The van der Waals surface area contributed by atoms with Crippen LogP contribution in [0.15, 0.2) is 36.1 Å². The Hall–Kier alpha value is -2.96. The number of benzene rings is 1. The predicted molar refractivity (Wildman–Crippen MR) is 96.9 cm³/mol. The molecular formula is C19H24N2O5. The molecule has 0 aliphatic carbocycles. The smallest absolute Gasteiger partial charge is 0.337 e. The van der Waals surface area contributed by atoms with E-state index in [-0.39, 0.29) is 11.5 Å². The highest BCUT2D eigenvalue weighted by Gasteiger charge is 2.33. The summed E-state index contributed by atoms with van der Waals surface area (Å²) in [5, 5.41) is 15.7. The minimum atomic E-state index is -0.712. The molecule has 1 aliphatic rings. The van der Waals surface area contributed by atoms with Gasteiger partial charge in [-0.25, -0.2) is 9.59 Å². The number of carbonyl (C=O) groups excluding carboxylic acids is 2. The topological polar surface area (TPSA) is 96.9 Å². The molecule has 1 aromatic rings. The number of allylic oxidation sites excluding steroid dienone is 2. The molecule has 1 aliphatic heterocycles. The van der Waals surface area contributed by atoms with Gasteiger partial charge in [0.25, 0.3) is 0 Å². The molecule has 0 fully saturated rings. The molecule has 0 aromatic heterocycles. The fourth-order valence-electron chi connectivity index (χ4n) is 2.99. The predicted octanol–water partition coefficient (Wildman–Crippen LogP) is 2.71. The molecule has 2 rings (SSSR count). The third kappa shape index (κ3) is 3.82. The summed E-state index contributed by atoms with van der Waals surface area (Å²) in [6.07, 6.45) is 3.35. The maximum atomic E-state index is 12.4. The average Bonchev–Trinajstić information content (AvgIpc) is 2.62. The highest BCUT2D eigenvalue weighted by atomic mass is 16.5. The molecule has 1 aromatic carbocycles. The van der Waals surface area contributed by atoms with Gasteiger partial charge in [-0.15, -0.1) is 6.58 Å². The lowest BCUT2D eigenvalue weighted by atomic mass is 9.91. The number of ether oxygens (including phenoxy) is 2. The molecule has 3 N–H and O–H groups in total. The van der Waals surface area contributed by atoms with Gasteiger partial charge in [0.1, 0.15) is 0 Å². The summed E-state index contributed by atoms with van der Waals surface area (Å²) < 4.78 is 10.2. The highest BCUT2D eigenvalue weighted by molar-refractivity contribution is 5.95. The van der Waals surface area contributed by atoms with Crippen LogP contribution in [0.25, 0.3) is 0 Å². The number of esters is 1. The largest absolute Gasteiger partial charge is 0.504 e. The Labute approximate surface area is 152 Å². The Morgan fingerprint density at radius 2 is 2.12 bits per heavy atom. The van der Waals surface area contributed by atoms with Crippen LogP contribution in [0.1, 0.15) is 36.9 Å². The molecule has 26 heavy (non-hydrogen) atoms. The van der Waals surface area contributed by atoms with Crippen LogP contribution in [0.5, 0.6) is 11.5 Å². The first kappa shape index (κ1) is 19.4. The number of carbonyl (C=O) groups is 2. The Morgan fingerprint density at radius 3 is 2.69 bits per heavy atom. The Morgan fingerprint density at radius 1 is 1.38 bits per heavy atom. The maximum Gasteiger partial charge on any atom is 0.337 e. The number of rotatable bonds is 7. The molecule has 0 spiro atoms. The van der Waals surface area contributed by atoms with Crippen molar-refractivity contribution in [3.05, 3.63) is 47.2 Å². The maximum absolute atomic E-state index is 12.4. The van der Waals surface area contributed by atoms with Crippen LogP contribution in [0.3, 0.4) is 0 Å². The van der Waals surface area contributed by atoms with Gasteiger partial charge < -0.3 is 25.2 Å². The Balaban J connectivity index is 2.64. The van der Waals surface area contributed by atoms with Gasteiger partial charge in [0.15, 0.2) is 11.5 Å². The third-order valence-electron chi connectivity index (χ3n) is 4.15. The monoisotopic (exact) mass is 360 g/mol. The molecule has 1 heterocycles. The second-order valence-electron chi connectivity index (χ2n) is 5.89. The number of nitrogens with one attached hydrogen (secondary N) is 2. The van der Waals surface area contributed by atoms with E-state index in [1.807, 2.05) is 6.92 Å². The second-order valence-corrected chi connectivity index (χ2v) is 5.89. The van der Waals surface area contributed by atoms with E-state index in [9.17, 15) is 14.7 Å². The van der Waals surface area contributed by atoms with Gasteiger partial charge in [0, 0.05) is 11.3 Å². The molecule has 140 valence electrons. The van der Waals surface area contributed by atoms with E-state index < -0.39 is 18.0 Å². The number of hydrogen-bond acceptors (Lipinski definition) is 5. The summed E-state index contributed by atoms with van der Waals surface area (Å²) >= 11 is 0. The Kier molecular flexibility index (Phi) is 6.27. The van der Waals surface area contributed by atoms with Gasteiger partial charge in [-0.2, -0.15) is 0 Å². The standard InChI is InChI=1S/C19H24N2O5/c1-5-7-11-9-12(10-14(25-3)17(11)22)16-15(18(23)26-4)13(8-6-2)20-19(24)21-16/h5,9-10,16,22H,1,6-8H2,2-4H3,(H2,20,21,24). The number of amides is 2. The summed E-state index contributed by atoms with van der Waals surface area (Å²) in [5.41, 5.74) is 2.07. The number of methoxy groups -OCH3 is 2. The Bertz CT molecular complexity index is 755. The summed E-state index contributed by atoms with van der Waals surface area (Å²) in [5.74, 6) is -0.259. The van der Waals surface area contributed by atoms with Crippen LogP contribution in [-0.2, 0) is 16.0 Å². The van der Waals surface area contributed by atoms with Gasteiger partial charge in [-0.1, -0.05) is 19.4 Å². The van der Waals surface area contributed by atoms with Crippen LogP contribution in [0.2, 0.25) is 0 Å². The number of aromatic hydroxyl groups is 1. The number of hydrogen-bond donors (Lipinski definition) is 3. The SMILES string of the molecule is C=CCc1cc(C2NC(=O)NC(CCC)=C2C(=O)OC)cc(OC)c1O. The molecule has 0 saturated carbocycles. The van der Waals surface area contributed by atoms with E-state index in [0.29, 0.717) is 35.2 Å². The molecule has 7 heteroatoms. The first-order valence-electron chi connectivity index (χ1n) is 8.36. The van der Waals surface area contributed by atoms with Crippen molar-refractivity contribution in [2.75, 3.05) is 14.2 Å². The number of phenolic OH excluding ortho intramolecular Hbond substituents is 1. The zero-order valence-corrected chi connectivity index (χ0v) is 15.2. The quantitative estimate of drug-likeness (QED) is 0.513. The van der Waals surface area contributed by atoms with Crippen molar-refractivity contribution in [1.82, 2.24) is 10.6 Å². The first-order valence-corrected chi connectivity index (χ1v) is 8.36. The van der Waals surface area contributed by atoms with Crippen molar-refractivity contribution >= 4 is 12.0 Å². The minimum Gasteiger partial charge on any atom is -0.504 e. The van der Waals surface area contributed by atoms with Crippen LogP contribution in [0, 0.1) is 0 Å². The number of urea groups is 1. The zero-order valence-electron chi connectivity index (χ0n) is 15.2. The normalized spacial score (nSPS) is 16.6. The van der Waals surface area contributed by atoms with Gasteiger partial charge in [0.2, 0.25) is 0 Å². The van der Waals surface area contributed by atoms with Crippen molar-refractivity contribution in [3.8, 4) is 11.5 Å². The minimum absolute atomic E-state index is 0.00814. The van der Waals surface area contributed by atoms with Crippen molar-refractivity contribution in [3.63, 3.8) is 0 Å². The van der Waals surface area contributed by atoms with Gasteiger partial charge in [-0.3, -0.25) is 0 Å². The van der Waals surface area contributed by atoms with E-state index in [1.54, 1.807) is 18.2 Å². The van der Waals surface area contributed by atoms with E-state index in [0.717, 1.165) is 6.42 Å². The molecular weight excluding hydrogens is 336 g/mol. The van der Waals surface area contributed by atoms with Crippen LogP contribution >= 0.6 is 0 Å². The van der Waals surface area contributed by atoms with Crippen molar-refractivity contribution in [1.29, 1.82) is 0 Å². The lowest BCUT2D eigenvalue weighted by molar-refractivity contribution is -0.136. The van der Waals surface area contributed by atoms with Crippen molar-refractivity contribution in [2.45, 2.75) is 32.2 Å². The number of phenols is 1. The van der Waals surface area contributed by atoms with Gasteiger partial charge in [0.05, 0.1) is 25.8 Å². The lowest BCUT2D eigenvalue weighted by Crippen LogP contribution is -2.45. The van der Waals surface area contributed by atoms with Gasteiger partial charge in [-0.05, 0) is 30.5 Å². The second kappa shape index (κ2) is 8.42. The molecule has 2 amide bonds. The van der Waals surface area contributed by atoms with E-state index in [2.05, 4.69) is 17.2 Å². The molecule has 7 nitrogen and oxygen atoms in total. The molecule has 1 atom stereocenters. The van der Waals surface area contributed by atoms with Crippen LogP contribution in [0.4, 0.5) is 4.79 Å². The fraction of sp³-hybridized carbons (Fsp3) is 0.368. The van der Waals surface area contributed by atoms with Crippen LogP contribution < -0.4 is 15.4 Å². The van der Waals surface area contributed by atoms with Crippen molar-refractivity contribution < 1.29 is 24.2 Å². The molecule has 0 bridgehead atoms.